The summed E-state index contributed by atoms with van der Waals surface area (Å²) in [7, 11) is 0. The first-order valence-corrected chi connectivity index (χ1v) is 4.99. The first-order chi connectivity index (χ1) is 4.93. The molecule has 56 valence electrons. The average Bonchev–Trinajstić information content (AvgIpc) is 2.41. The van der Waals surface area contributed by atoms with Crippen molar-refractivity contribution >= 4 is 11.8 Å². The molecule has 0 amide bonds. The fourth-order valence-electron chi connectivity index (χ4n) is 1.29. The molecule has 0 heterocycles. The van der Waals surface area contributed by atoms with Crippen LogP contribution in [0.2, 0.25) is 0 Å². The van der Waals surface area contributed by atoms with Crippen molar-refractivity contribution in [1.82, 2.24) is 0 Å². The highest BCUT2D eigenvalue weighted by atomic mass is 32.2. The van der Waals surface area contributed by atoms with Crippen LogP contribution in [0.3, 0.4) is 0 Å². The van der Waals surface area contributed by atoms with Crippen LogP contribution < -0.4 is 0 Å². The first kappa shape index (κ1) is 8.01. The third-order valence-corrected chi connectivity index (χ3v) is 3.12. The van der Waals surface area contributed by atoms with E-state index in [-0.39, 0.29) is 0 Å². The van der Waals surface area contributed by atoms with Crippen LogP contribution in [0, 0.1) is 11.8 Å². The monoisotopic (exact) mass is 154 g/mol. The van der Waals surface area contributed by atoms with Gasteiger partial charge in [-0.2, -0.15) is 0 Å². The Morgan fingerprint density at radius 1 is 1.40 bits per heavy atom. The van der Waals surface area contributed by atoms with Crippen molar-refractivity contribution in [2.75, 3.05) is 5.75 Å². The van der Waals surface area contributed by atoms with E-state index in [1.807, 2.05) is 18.7 Å². The van der Waals surface area contributed by atoms with Crippen molar-refractivity contribution < 1.29 is 0 Å². The molecular formula is C9H14S. The third kappa shape index (κ3) is 2.66. The van der Waals surface area contributed by atoms with E-state index in [1.54, 1.807) is 0 Å². The van der Waals surface area contributed by atoms with E-state index in [0.717, 1.165) is 11.0 Å². The lowest BCUT2D eigenvalue weighted by molar-refractivity contribution is 0.886. The zero-order chi connectivity index (χ0) is 7.23. The molecule has 0 radical (unpaired) electrons. The lowest BCUT2D eigenvalue weighted by Gasteiger charge is -2.03. The predicted molar refractivity (Wildman–Crippen MR) is 48.2 cm³/mol. The summed E-state index contributed by atoms with van der Waals surface area (Å²) in [5, 5.41) is 0.931. The summed E-state index contributed by atoms with van der Waals surface area (Å²) < 4.78 is 0. The van der Waals surface area contributed by atoms with Gasteiger partial charge in [0.15, 0.2) is 0 Å². The van der Waals surface area contributed by atoms with Crippen LogP contribution >= 0.6 is 11.8 Å². The second kappa shape index (κ2) is 4.68. The molecule has 0 aromatic heterocycles. The van der Waals surface area contributed by atoms with Crippen LogP contribution in [-0.4, -0.2) is 11.0 Å². The van der Waals surface area contributed by atoms with Gasteiger partial charge in [0.25, 0.3) is 0 Å². The number of hydrogen-bond acceptors (Lipinski definition) is 1. The largest absolute Gasteiger partial charge is 0.145 e. The summed E-state index contributed by atoms with van der Waals surface area (Å²) in [6, 6.07) is 0. The fraction of sp³-hybridized carbons (Fsp3) is 0.778. The lowest BCUT2D eigenvalue weighted by atomic mass is 10.4. The van der Waals surface area contributed by atoms with Crippen molar-refractivity contribution in [2.24, 2.45) is 0 Å². The normalized spacial score (nSPS) is 18.5. The Balaban J connectivity index is 2.05. The maximum absolute atomic E-state index is 3.09. The molecule has 0 spiro atoms. The summed E-state index contributed by atoms with van der Waals surface area (Å²) in [4.78, 5) is 0. The van der Waals surface area contributed by atoms with Gasteiger partial charge in [-0.25, -0.2) is 0 Å². The zero-order valence-electron chi connectivity index (χ0n) is 6.52. The summed E-state index contributed by atoms with van der Waals surface area (Å²) in [5.41, 5.74) is 0. The van der Waals surface area contributed by atoms with E-state index in [4.69, 9.17) is 0 Å². The quantitative estimate of drug-likeness (QED) is 0.551. The molecule has 1 aliphatic rings. The van der Waals surface area contributed by atoms with Gasteiger partial charge in [0.05, 0.1) is 5.75 Å². The SMILES string of the molecule is CC#CCSC1CCCC1. The molecule has 0 bridgehead atoms. The van der Waals surface area contributed by atoms with E-state index in [2.05, 4.69) is 11.8 Å². The van der Waals surface area contributed by atoms with Crippen molar-refractivity contribution in [3.05, 3.63) is 0 Å². The van der Waals surface area contributed by atoms with Crippen LogP contribution in [0.1, 0.15) is 32.6 Å². The molecule has 1 aliphatic carbocycles. The average molecular weight is 154 g/mol. The van der Waals surface area contributed by atoms with E-state index < -0.39 is 0 Å². The van der Waals surface area contributed by atoms with E-state index >= 15 is 0 Å². The van der Waals surface area contributed by atoms with E-state index in [1.165, 1.54) is 25.7 Å². The Bertz CT molecular complexity index is 135. The van der Waals surface area contributed by atoms with Crippen molar-refractivity contribution in [3.8, 4) is 11.8 Å². The Labute approximate surface area is 67.8 Å². The summed E-state index contributed by atoms with van der Waals surface area (Å²) in [6.45, 7) is 1.91. The number of hydrogen-bond donors (Lipinski definition) is 0. The van der Waals surface area contributed by atoms with Gasteiger partial charge in [0.1, 0.15) is 0 Å². The highest BCUT2D eigenvalue weighted by Gasteiger charge is 2.13. The third-order valence-electron chi connectivity index (χ3n) is 1.87. The Morgan fingerprint density at radius 2 is 2.10 bits per heavy atom. The van der Waals surface area contributed by atoms with Crippen molar-refractivity contribution in [3.63, 3.8) is 0 Å². The molecule has 1 heteroatoms. The molecule has 0 saturated heterocycles. The highest BCUT2D eigenvalue weighted by Crippen LogP contribution is 2.28. The minimum atomic E-state index is 0.931. The summed E-state index contributed by atoms with van der Waals surface area (Å²) in [6.07, 6.45) is 5.74. The second-order valence-electron chi connectivity index (χ2n) is 2.64. The zero-order valence-corrected chi connectivity index (χ0v) is 7.34. The van der Waals surface area contributed by atoms with Crippen LogP contribution in [0.5, 0.6) is 0 Å². The van der Waals surface area contributed by atoms with Gasteiger partial charge >= 0.3 is 0 Å². The Kier molecular flexibility index (Phi) is 3.75. The molecule has 1 fully saturated rings. The van der Waals surface area contributed by atoms with Gasteiger partial charge in [0.2, 0.25) is 0 Å². The molecule has 1 saturated carbocycles. The topological polar surface area (TPSA) is 0 Å². The van der Waals surface area contributed by atoms with Crippen molar-refractivity contribution in [1.29, 1.82) is 0 Å². The lowest BCUT2D eigenvalue weighted by Crippen LogP contribution is -1.93. The predicted octanol–water partition coefficient (Wildman–Crippen LogP) is 2.69. The fourth-order valence-corrected chi connectivity index (χ4v) is 2.42. The molecule has 10 heavy (non-hydrogen) atoms. The molecule has 0 nitrogen and oxygen atoms in total. The Hall–Kier alpha value is -0.0900. The second-order valence-corrected chi connectivity index (χ2v) is 3.93. The van der Waals surface area contributed by atoms with Crippen LogP contribution in [-0.2, 0) is 0 Å². The smallest absolute Gasteiger partial charge is 0.0550 e. The molecule has 0 unspecified atom stereocenters. The van der Waals surface area contributed by atoms with Crippen LogP contribution in [0.4, 0.5) is 0 Å². The van der Waals surface area contributed by atoms with Crippen LogP contribution in [0.25, 0.3) is 0 Å². The molecule has 0 N–H and O–H groups in total. The van der Waals surface area contributed by atoms with E-state index in [9.17, 15) is 0 Å². The first-order valence-electron chi connectivity index (χ1n) is 3.94. The molecule has 0 aromatic carbocycles. The van der Waals surface area contributed by atoms with Gasteiger partial charge in [-0.1, -0.05) is 18.8 Å². The summed E-state index contributed by atoms with van der Waals surface area (Å²) >= 11 is 2.03. The standard InChI is InChI=1S/C9H14S/c1-2-3-8-10-9-6-4-5-7-9/h9H,4-8H2,1H3. The molecule has 1 rings (SSSR count). The van der Waals surface area contributed by atoms with Gasteiger partial charge in [-0.15, -0.1) is 17.7 Å². The maximum Gasteiger partial charge on any atom is 0.0550 e. The van der Waals surface area contributed by atoms with Gasteiger partial charge < -0.3 is 0 Å². The highest BCUT2D eigenvalue weighted by molar-refractivity contribution is 8.00. The number of rotatable bonds is 2. The molecular weight excluding hydrogens is 140 g/mol. The Morgan fingerprint density at radius 3 is 2.70 bits per heavy atom. The molecule has 0 aromatic rings. The molecule has 0 atom stereocenters. The minimum absolute atomic E-state index is 0.931. The van der Waals surface area contributed by atoms with Crippen molar-refractivity contribution in [2.45, 2.75) is 37.9 Å². The maximum atomic E-state index is 3.09. The van der Waals surface area contributed by atoms with Gasteiger partial charge in [-0.05, 0) is 19.8 Å². The van der Waals surface area contributed by atoms with Gasteiger partial charge in [0, 0.05) is 5.25 Å². The van der Waals surface area contributed by atoms with Gasteiger partial charge in [-0.3, -0.25) is 0 Å². The van der Waals surface area contributed by atoms with Crippen LogP contribution in [0.15, 0.2) is 0 Å². The molecule has 0 aliphatic heterocycles. The van der Waals surface area contributed by atoms with E-state index in [0.29, 0.717) is 0 Å². The number of thioether (sulfide) groups is 1. The summed E-state index contributed by atoms with van der Waals surface area (Å²) in [5.74, 6) is 7.05. The minimum Gasteiger partial charge on any atom is -0.145 e.